The Kier molecular flexibility index (Phi) is 16.0. The second kappa shape index (κ2) is 20.0. The van der Waals surface area contributed by atoms with E-state index in [1.807, 2.05) is 42.5 Å². The summed E-state index contributed by atoms with van der Waals surface area (Å²) < 4.78 is 0. The van der Waals surface area contributed by atoms with E-state index in [1.165, 1.54) is 18.4 Å². The Morgan fingerprint density at radius 1 is 0.682 bits per heavy atom. The molecule has 2 atom stereocenters. The number of nitrogens with zero attached hydrogens (tertiary/aromatic N) is 4. The molecule has 0 amide bonds. The molecule has 2 aromatic carbocycles. The maximum Gasteiger partial charge on any atom is 0.224 e. The van der Waals surface area contributed by atoms with Gasteiger partial charge in [0.05, 0.1) is 5.69 Å². The standard InChI is InChI=1S/C19H26N4S.C9H16N4S.C6H6/c1-13(2)21-19-22-17(12-18(23-19)24-11-10-20)16-9-8-15(16)14-6-4-3-5-7-14;1-7(2)12-9-11-5-3-8(13-9)14-6-4-10;1-2-4-6-5-3-1/h3-7,12-13,15-16H,8-11,20H2,1-2H3,(H,21,22,23);3,5,7H,4,6,10H2,1-2H3,(H,11,12,13);1-6H. The van der Waals surface area contributed by atoms with E-state index < -0.39 is 0 Å². The van der Waals surface area contributed by atoms with E-state index in [4.69, 9.17) is 16.5 Å². The predicted octanol–water partition coefficient (Wildman–Crippen LogP) is 7.04. The Morgan fingerprint density at radius 3 is 1.75 bits per heavy atom. The number of benzene rings is 2. The molecule has 1 aliphatic carbocycles. The third-order valence-corrected chi connectivity index (χ3v) is 8.38. The molecule has 0 spiro atoms. The number of nitrogens with two attached hydrogens (primary N) is 2. The van der Waals surface area contributed by atoms with Gasteiger partial charge in [0.1, 0.15) is 10.1 Å². The lowest BCUT2D eigenvalue weighted by Crippen LogP contribution is -2.24. The molecule has 0 saturated heterocycles. The van der Waals surface area contributed by atoms with Gasteiger partial charge >= 0.3 is 0 Å². The van der Waals surface area contributed by atoms with Crippen molar-refractivity contribution in [1.29, 1.82) is 0 Å². The van der Waals surface area contributed by atoms with Crippen molar-refractivity contribution in [2.24, 2.45) is 11.5 Å². The van der Waals surface area contributed by atoms with Crippen LogP contribution in [0.1, 0.15) is 63.6 Å². The second-order valence-electron chi connectivity index (χ2n) is 10.9. The molecule has 6 N–H and O–H groups in total. The van der Waals surface area contributed by atoms with Crippen molar-refractivity contribution in [3.63, 3.8) is 0 Å². The molecule has 1 saturated carbocycles. The molecule has 1 fully saturated rings. The van der Waals surface area contributed by atoms with Crippen molar-refractivity contribution in [2.45, 2.75) is 74.5 Å². The van der Waals surface area contributed by atoms with Crippen molar-refractivity contribution in [3.05, 3.63) is 96.3 Å². The number of rotatable bonds is 12. The zero-order valence-corrected chi connectivity index (χ0v) is 28.0. The molecule has 2 aromatic heterocycles. The van der Waals surface area contributed by atoms with E-state index in [-0.39, 0.29) is 0 Å². The molecular weight excluding hydrogens is 585 g/mol. The summed E-state index contributed by atoms with van der Waals surface area (Å²) in [5.41, 5.74) is 13.6. The Morgan fingerprint density at radius 2 is 1.20 bits per heavy atom. The van der Waals surface area contributed by atoms with Crippen LogP contribution in [0.4, 0.5) is 11.9 Å². The summed E-state index contributed by atoms with van der Waals surface area (Å²) in [4.78, 5) is 17.9. The van der Waals surface area contributed by atoms with Gasteiger partial charge in [-0.2, -0.15) is 0 Å². The smallest absolute Gasteiger partial charge is 0.224 e. The second-order valence-corrected chi connectivity index (χ2v) is 13.1. The lowest BCUT2D eigenvalue weighted by atomic mass is 9.68. The Bertz CT molecular complexity index is 1300. The third-order valence-electron chi connectivity index (χ3n) is 6.47. The van der Waals surface area contributed by atoms with Crippen LogP contribution < -0.4 is 22.1 Å². The normalized spacial score (nSPS) is 15.4. The van der Waals surface area contributed by atoms with Gasteiger partial charge in [-0.15, -0.1) is 23.5 Å². The van der Waals surface area contributed by atoms with E-state index >= 15 is 0 Å². The first-order chi connectivity index (χ1) is 21.4. The van der Waals surface area contributed by atoms with Crippen LogP contribution in [-0.2, 0) is 0 Å². The zero-order valence-electron chi connectivity index (χ0n) is 26.4. The number of hydrogen-bond donors (Lipinski definition) is 4. The van der Waals surface area contributed by atoms with Gasteiger partial charge < -0.3 is 22.1 Å². The fourth-order valence-corrected chi connectivity index (χ4v) is 5.76. The van der Waals surface area contributed by atoms with E-state index in [9.17, 15) is 0 Å². The SMILES string of the molecule is CC(C)Nc1nc(SCCN)cc(C2CCC2c2ccccc2)n1.CC(C)Nc1nccc(SCCN)n1.c1ccccc1. The zero-order chi connectivity index (χ0) is 31.6. The third kappa shape index (κ3) is 12.8. The number of hydrogen-bond acceptors (Lipinski definition) is 10. The van der Waals surface area contributed by atoms with E-state index in [1.54, 1.807) is 29.7 Å². The Labute approximate surface area is 272 Å². The van der Waals surface area contributed by atoms with Crippen LogP contribution in [0.5, 0.6) is 0 Å². The minimum Gasteiger partial charge on any atom is -0.352 e. The van der Waals surface area contributed by atoms with E-state index in [0.29, 0.717) is 43.0 Å². The van der Waals surface area contributed by atoms with Crippen LogP contribution >= 0.6 is 23.5 Å². The van der Waals surface area contributed by atoms with Crippen LogP contribution in [0, 0.1) is 0 Å². The van der Waals surface area contributed by atoms with Crippen LogP contribution in [0.25, 0.3) is 0 Å². The molecular formula is C34H48N8S2. The minimum absolute atomic E-state index is 0.318. The van der Waals surface area contributed by atoms with Crippen LogP contribution in [0.3, 0.4) is 0 Å². The average molecular weight is 633 g/mol. The van der Waals surface area contributed by atoms with Gasteiger partial charge in [-0.05, 0) is 64.2 Å². The quantitative estimate of drug-likeness (QED) is 0.0953. The number of aromatic nitrogens is 4. The molecule has 5 rings (SSSR count). The molecule has 2 unspecified atom stereocenters. The highest BCUT2D eigenvalue weighted by Gasteiger charge is 2.34. The highest BCUT2D eigenvalue weighted by atomic mass is 32.2. The summed E-state index contributed by atoms with van der Waals surface area (Å²) in [6.45, 7) is 9.67. The van der Waals surface area contributed by atoms with Gasteiger partial charge in [-0.3, -0.25) is 0 Å². The summed E-state index contributed by atoms with van der Waals surface area (Å²) in [7, 11) is 0. The number of anilines is 2. The van der Waals surface area contributed by atoms with E-state index in [0.717, 1.165) is 33.2 Å². The predicted molar refractivity (Wildman–Crippen MR) is 189 cm³/mol. The number of nitrogens with one attached hydrogen (secondary N) is 2. The average Bonchev–Trinajstić information content (AvgIpc) is 3.00. The first-order valence-electron chi connectivity index (χ1n) is 15.3. The van der Waals surface area contributed by atoms with Crippen molar-refractivity contribution in [3.8, 4) is 0 Å². The molecule has 44 heavy (non-hydrogen) atoms. The summed E-state index contributed by atoms with van der Waals surface area (Å²) in [5.74, 6) is 4.24. The number of thioether (sulfide) groups is 2. The van der Waals surface area contributed by atoms with Crippen molar-refractivity contribution < 1.29 is 0 Å². The largest absolute Gasteiger partial charge is 0.352 e. The van der Waals surface area contributed by atoms with Gasteiger partial charge in [0, 0.05) is 48.8 Å². The van der Waals surface area contributed by atoms with Crippen LogP contribution in [0.2, 0.25) is 0 Å². The maximum absolute atomic E-state index is 5.65. The van der Waals surface area contributed by atoms with Gasteiger partial charge in [-0.25, -0.2) is 19.9 Å². The van der Waals surface area contributed by atoms with Crippen LogP contribution in [0.15, 0.2) is 95.1 Å². The first kappa shape index (κ1) is 35.3. The van der Waals surface area contributed by atoms with Gasteiger partial charge in [0.2, 0.25) is 11.9 Å². The molecule has 10 heteroatoms. The molecule has 2 heterocycles. The molecule has 8 nitrogen and oxygen atoms in total. The highest BCUT2D eigenvalue weighted by molar-refractivity contribution is 7.99. The fourth-order valence-electron chi connectivity index (χ4n) is 4.44. The monoisotopic (exact) mass is 632 g/mol. The lowest BCUT2D eigenvalue weighted by molar-refractivity contribution is 0.339. The molecule has 0 bridgehead atoms. The van der Waals surface area contributed by atoms with Crippen LogP contribution in [-0.4, -0.2) is 56.6 Å². The topological polar surface area (TPSA) is 128 Å². The molecule has 0 radical (unpaired) electrons. The van der Waals surface area contributed by atoms with Crippen molar-refractivity contribution in [2.75, 3.05) is 35.2 Å². The first-order valence-corrected chi connectivity index (χ1v) is 17.3. The summed E-state index contributed by atoms with van der Waals surface area (Å²) in [6.07, 6.45) is 4.19. The maximum atomic E-state index is 5.65. The van der Waals surface area contributed by atoms with Gasteiger partial charge in [-0.1, -0.05) is 66.7 Å². The molecule has 236 valence electrons. The fraction of sp³-hybridized carbons (Fsp3) is 0.412. The highest BCUT2D eigenvalue weighted by Crippen LogP contribution is 2.48. The summed E-state index contributed by atoms with van der Waals surface area (Å²) in [6, 6.07) is 27.5. The van der Waals surface area contributed by atoms with Gasteiger partial charge in [0.25, 0.3) is 0 Å². The minimum atomic E-state index is 0.318. The van der Waals surface area contributed by atoms with Crippen molar-refractivity contribution >= 4 is 35.4 Å². The lowest BCUT2D eigenvalue weighted by Gasteiger charge is -2.37. The molecule has 4 aromatic rings. The molecule has 0 aliphatic heterocycles. The summed E-state index contributed by atoms with van der Waals surface area (Å²) in [5, 5.41) is 8.49. The summed E-state index contributed by atoms with van der Waals surface area (Å²) >= 11 is 3.35. The van der Waals surface area contributed by atoms with Crippen molar-refractivity contribution in [1.82, 2.24) is 19.9 Å². The van der Waals surface area contributed by atoms with Gasteiger partial charge in [0.15, 0.2) is 0 Å². The molecule has 1 aliphatic rings. The Balaban J connectivity index is 0.000000221. The van der Waals surface area contributed by atoms with E-state index in [2.05, 4.69) is 89.7 Å². The Hall–Kier alpha value is -3.18.